The van der Waals surface area contributed by atoms with Gasteiger partial charge in [0.1, 0.15) is 5.82 Å². The Kier molecular flexibility index (Phi) is 1.87. The van der Waals surface area contributed by atoms with Gasteiger partial charge in [-0.1, -0.05) is 6.58 Å². The first-order valence-corrected chi connectivity index (χ1v) is 3.11. The molecule has 0 bridgehead atoms. The molecule has 0 saturated heterocycles. The average molecular weight is 137 g/mol. The molecule has 0 aromatic rings. The van der Waals surface area contributed by atoms with Gasteiger partial charge in [-0.15, -0.1) is 0 Å². The number of nitrogens with zero attached hydrogens (tertiary/aromatic N) is 2. The highest BCUT2D eigenvalue weighted by Crippen LogP contribution is 2.12. The van der Waals surface area contributed by atoms with E-state index < -0.39 is 0 Å². The summed E-state index contributed by atoms with van der Waals surface area (Å²) in [6.07, 6.45) is 1.96. The van der Waals surface area contributed by atoms with E-state index in [1.54, 1.807) is 0 Å². The number of rotatable bonds is 2. The van der Waals surface area contributed by atoms with Crippen molar-refractivity contribution >= 4 is 6.72 Å². The molecule has 0 radical (unpaired) electrons. The van der Waals surface area contributed by atoms with Crippen LogP contribution in [0.3, 0.4) is 0 Å². The second kappa shape index (κ2) is 2.66. The summed E-state index contributed by atoms with van der Waals surface area (Å²) < 4.78 is 0. The largest absolute Gasteiger partial charge is 0.265 e. The van der Waals surface area contributed by atoms with Crippen molar-refractivity contribution in [3.05, 3.63) is 24.2 Å². The van der Waals surface area contributed by atoms with E-state index in [0.717, 1.165) is 18.1 Å². The molecular weight excluding hydrogens is 126 g/mol. The van der Waals surface area contributed by atoms with E-state index in [4.69, 9.17) is 0 Å². The molecule has 0 saturated carbocycles. The van der Waals surface area contributed by atoms with E-state index in [9.17, 15) is 0 Å². The van der Waals surface area contributed by atoms with E-state index in [2.05, 4.69) is 23.7 Å². The Morgan fingerprint density at radius 2 is 2.60 bits per heavy atom. The molecule has 1 rings (SSSR count). The fourth-order valence-corrected chi connectivity index (χ4v) is 0.866. The number of nitrogens with one attached hydrogen (secondary N) is 1. The summed E-state index contributed by atoms with van der Waals surface area (Å²) in [5.74, 6) is 0.840. The molecule has 1 N–H and O–H groups in total. The van der Waals surface area contributed by atoms with E-state index in [-0.39, 0.29) is 0 Å². The Labute approximate surface area is 60.7 Å². The van der Waals surface area contributed by atoms with E-state index in [0.29, 0.717) is 0 Å². The van der Waals surface area contributed by atoms with Crippen molar-refractivity contribution in [2.75, 3.05) is 6.54 Å². The minimum Gasteiger partial charge on any atom is -0.265 e. The summed E-state index contributed by atoms with van der Waals surface area (Å²) in [6.45, 7) is 9.93. The van der Waals surface area contributed by atoms with Crippen LogP contribution in [-0.2, 0) is 0 Å². The van der Waals surface area contributed by atoms with Crippen LogP contribution in [0.15, 0.2) is 29.2 Å². The van der Waals surface area contributed by atoms with Crippen LogP contribution < -0.4 is 5.43 Å². The van der Waals surface area contributed by atoms with Gasteiger partial charge in [0.2, 0.25) is 0 Å². The number of hydrogen-bond donors (Lipinski definition) is 1. The molecule has 1 aliphatic heterocycles. The lowest BCUT2D eigenvalue weighted by molar-refractivity contribution is 0.355. The van der Waals surface area contributed by atoms with Crippen molar-refractivity contribution < 1.29 is 0 Å². The summed E-state index contributed by atoms with van der Waals surface area (Å²) in [7, 11) is 0. The molecule has 0 spiro atoms. The van der Waals surface area contributed by atoms with Gasteiger partial charge in [0, 0.05) is 12.2 Å². The van der Waals surface area contributed by atoms with Crippen LogP contribution >= 0.6 is 0 Å². The summed E-state index contributed by atoms with van der Waals surface area (Å²) in [5, 5.41) is 1.81. The lowest BCUT2D eigenvalue weighted by atomic mass is 10.5. The number of allylic oxidation sites excluding steroid dienone is 1. The maximum absolute atomic E-state index is 3.80. The van der Waals surface area contributed by atoms with Crippen molar-refractivity contribution in [1.29, 1.82) is 0 Å². The number of aliphatic imine (C=N–C) groups is 1. The first kappa shape index (κ1) is 7.02. The molecule has 1 heterocycles. The van der Waals surface area contributed by atoms with Crippen LogP contribution in [-0.4, -0.2) is 18.3 Å². The third kappa shape index (κ3) is 1.09. The summed E-state index contributed by atoms with van der Waals surface area (Å²) >= 11 is 0. The van der Waals surface area contributed by atoms with Crippen LogP contribution in [0.2, 0.25) is 0 Å². The summed E-state index contributed by atoms with van der Waals surface area (Å²) in [5.41, 5.74) is 3.99. The highest BCUT2D eigenvalue weighted by atomic mass is 15.6. The third-order valence-corrected chi connectivity index (χ3v) is 1.31. The fraction of sp³-hybridized carbons (Fsp3) is 0.286. The van der Waals surface area contributed by atoms with Gasteiger partial charge in [0.15, 0.2) is 0 Å². The predicted octanol–water partition coefficient (Wildman–Crippen LogP) is 0.882. The minimum absolute atomic E-state index is 0.807. The third-order valence-electron chi connectivity index (χ3n) is 1.31. The first-order chi connectivity index (χ1) is 4.75. The van der Waals surface area contributed by atoms with Crippen molar-refractivity contribution in [3.8, 4) is 0 Å². The summed E-state index contributed by atoms with van der Waals surface area (Å²) in [6, 6.07) is 0. The first-order valence-electron chi connectivity index (χ1n) is 3.11. The SMILES string of the molecule is C=NC1=CCNN1C(=C)C. The van der Waals surface area contributed by atoms with Crippen molar-refractivity contribution in [3.63, 3.8) is 0 Å². The topological polar surface area (TPSA) is 27.6 Å². The molecule has 0 aromatic heterocycles. The van der Waals surface area contributed by atoms with Crippen LogP contribution in [0.5, 0.6) is 0 Å². The maximum Gasteiger partial charge on any atom is 0.143 e. The van der Waals surface area contributed by atoms with Crippen LogP contribution in [0, 0.1) is 0 Å². The van der Waals surface area contributed by atoms with E-state index in [1.165, 1.54) is 0 Å². The van der Waals surface area contributed by atoms with Gasteiger partial charge >= 0.3 is 0 Å². The smallest absolute Gasteiger partial charge is 0.143 e. The molecule has 0 aromatic carbocycles. The van der Waals surface area contributed by atoms with Gasteiger partial charge in [-0.25, -0.2) is 10.4 Å². The normalized spacial score (nSPS) is 16.9. The predicted molar refractivity (Wildman–Crippen MR) is 42.3 cm³/mol. The van der Waals surface area contributed by atoms with Crippen LogP contribution in [0.4, 0.5) is 0 Å². The highest BCUT2D eigenvalue weighted by Gasteiger charge is 2.12. The molecule has 10 heavy (non-hydrogen) atoms. The molecule has 3 nitrogen and oxygen atoms in total. The van der Waals surface area contributed by atoms with Crippen molar-refractivity contribution in [1.82, 2.24) is 10.4 Å². The van der Waals surface area contributed by atoms with E-state index in [1.807, 2.05) is 18.0 Å². The zero-order valence-electron chi connectivity index (χ0n) is 6.09. The van der Waals surface area contributed by atoms with Crippen molar-refractivity contribution in [2.24, 2.45) is 4.99 Å². The Morgan fingerprint density at radius 3 is 3.00 bits per heavy atom. The quantitative estimate of drug-likeness (QED) is 0.572. The standard InChI is InChI=1S/C7H11N3/c1-6(2)10-7(8-3)4-5-9-10/h4,9H,1,3,5H2,2H3. The van der Waals surface area contributed by atoms with Gasteiger partial charge in [-0.05, 0) is 19.7 Å². The van der Waals surface area contributed by atoms with Gasteiger partial charge in [-0.2, -0.15) is 0 Å². The molecule has 0 aliphatic carbocycles. The molecule has 0 atom stereocenters. The zero-order chi connectivity index (χ0) is 7.56. The number of hydrogen-bond acceptors (Lipinski definition) is 3. The lowest BCUT2D eigenvalue weighted by Gasteiger charge is -2.18. The molecule has 1 aliphatic rings. The maximum atomic E-state index is 3.80. The van der Waals surface area contributed by atoms with Gasteiger partial charge < -0.3 is 0 Å². The second-order valence-electron chi connectivity index (χ2n) is 2.15. The average Bonchev–Trinajstić information content (AvgIpc) is 2.33. The molecule has 3 heteroatoms. The summed E-state index contributed by atoms with van der Waals surface area (Å²) in [4.78, 5) is 3.80. The minimum atomic E-state index is 0.807. The Hall–Kier alpha value is -1.09. The van der Waals surface area contributed by atoms with E-state index >= 15 is 0 Å². The lowest BCUT2D eigenvalue weighted by Crippen LogP contribution is -2.28. The number of hydrazine groups is 1. The molecular formula is C7H11N3. The Morgan fingerprint density at radius 1 is 1.90 bits per heavy atom. The van der Waals surface area contributed by atoms with Gasteiger partial charge in [-0.3, -0.25) is 5.01 Å². The van der Waals surface area contributed by atoms with Crippen LogP contribution in [0.1, 0.15) is 6.92 Å². The molecule has 0 amide bonds. The van der Waals surface area contributed by atoms with Gasteiger partial charge in [0.05, 0.1) is 0 Å². The second-order valence-corrected chi connectivity index (χ2v) is 2.15. The molecule has 54 valence electrons. The highest BCUT2D eigenvalue weighted by molar-refractivity contribution is 5.30. The monoisotopic (exact) mass is 137 g/mol. The zero-order valence-corrected chi connectivity index (χ0v) is 6.09. The van der Waals surface area contributed by atoms with Crippen molar-refractivity contribution in [2.45, 2.75) is 6.92 Å². The van der Waals surface area contributed by atoms with Crippen LogP contribution in [0.25, 0.3) is 0 Å². The fourth-order valence-electron chi connectivity index (χ4n) is 0.866. The Balaban J connectivity index is 2.72. The molecule has 0 unspecified atom stereocenters. The molecule has 0 fully saturated rings. The van der Waals surface area contributed by atoms with Gasteiger partial charge in [0.25, 0.3) is 0 Å². The Bertz CT molecular complexity index is 193.